The molecule has 1 unspecified atom stereocenters. The molecule has 1 saturated carbocycles. The first kappa shape index (κ1) is 15.0. The van der Waals surface area contributed by atoms with Crippen LogP contribution >= 0.6 is 15.9 Å². The summed E-state index contributed by atoms with van der Waals surface area (Å²) in [6, 6.07) is 10.3. The summed E-state index contributed by atoms with van der Waals surface area (Å²) in [6.07, 6.45) is 4.84. The van der Waals surface area contributed by atoms with Gasteiger partial charge in [-0.05, 0) is 56.8 Å². The molecule has 0 heterocycles. The van der Waals surface area contributed by atoms with Crippen molar-refractivity contribution in [2.45, 2.75) is 57.7 Å². The molecule has 0 saturated heterocycles. The molecule has 0 spiro atoms. The van der Waals surface area contributed by atoms with Crippen LogP contribution in [0, 0.1) is 0 Å². The maximum atomic E-state index is 6.02. The Balaban J connectivity index is 2.06. The van der Waals surface area contributed by atoms with Gasteiger partial charge in [-0.1, -0.05) is 35.0 Å². The highest BCUT2D eigenvalue weighted by molar-refractivity contribution is 9.10. The first-order valence-electron chi connectivity index (χ1n) is 7.38. The molecule has 3 heteroatoms. The number of halogens is 1. The average Bonchev–Trinajstić information content (AvgIpc) is 2.42. The Kier molecular flexibility index (Phi) is 5.43. The smallest absolute Gasteiger partial charge is 0.0322 e. The predicted molar refractivity (Wildman–Crippen MR) is 85.2 cm³/mol. The van der Waals surface area contributed by atoms with Crippen LogP contribution in [0.2, 0.25) is 0 Å². The number of benzene rings is 1. The largest absolute Gasteiger partial charge is 0.328 e. The molecule has 1 aliphatic carbocycles. The van der Waals surface area contributed by atoms with E-state index in [-0.39, 0.29) is 0 Å². The molecule has 1 fully saturated rings. The zero-order chi connectivity index (χ0) is 13.8. The average molecular weight is 325 g/mol. The van der Waals surface area contributed by atoms with Gasteiger partial charge in [0.1, 0.15) is 0 Å². The van der Waals surface area contributed by atoms with E-state index >= 15 is 0 Å². The highest BCUT2D eigenvalue weighted by Crippen LogP contribution is 2.30. The second-order valence-electron chi connectivity index (χ2n) is 5.63. The van der Waals surface area contributed by atoms with Gasteiger partial charge in [-0.25, -0.2) is 0 Å². The van der Waals surface area contributed by atoms with Crippen molar-refractivity contribution >= 4 is 15.9 Å². The zero-order valence-electron chi connectivity index (χ0n) is 12.0. The molecule has 0 radical (unpaired) electrons. The number of rotatable bonds is 4. The summed E-state index contributed by atoms with van der Waals surface area (Å²) in [4.78, 5) is 2.63. The molecule has 0 aromatic heterocycles. The third-order valence-electron chi connectivity index (χ3n) is 4.43. The van der Waals surface area contributed by atoms with Gasteiger partial charge in [0.15, 0.2) is 0 Å². The summed E-state index contributed by atoms with van der Waals surface area (Å²) in [7, 11) is 0. The van der Waals surface area contributed by atoms with E-state index in [1.807, 2.05) is 0 Å². The minimum atomic E-state index is 0.429. The van der Waals surface area contributed by atoms with Gasteiger partial charge in [0.25, 0.3) is 0 Å². The summed E-state index contributed by atoms with van der Waals surface area (Å²) >= 11 is 3.50. The van der Waals surface area contributed by atoms with Crippen molar-refractivity contribution < 1.29 is 0 Å². The van der Waals surface area contributed by atoms with E-state index in [0.29, 0.717) is 18.1 Å². The van der Waals surface area contributed by atoms with Crippen molar-refractivity contribution in [3.8, 4) is 0 Å². The second kappa shape index (κ2) is 6.87. The number of nitrogens with zero attached hydrogens (tertiary/aromatic N) is 1. The molecular weight excluding hydrogens is 300 g/mol. The van der Waals surface area contributed by atoms with Gasteiger partial charge in [-0.2, -0.15) is 0 Å². The Morgan fingerprint density at radius 2 is 1.79 bits per heavy atom. The summed E-state index contributed by atoms with van der Waals surface area (Å²) < 4.78 is 1.15. The third kappa shape index (κ3) is 3.80. The summed E-state index contributed by atoms with van der Waals surface area (Å²) in [6.45, 7) is 5.70. The molecule has 106 valence electrons. The van der Waals surface area contributed by atoms with Gasteiger partial charge >= 0.3 is 0 Å². The maximum Gasteiger partial charge on any atom is 0.0322 e. The topological polar surface area (TPSA) is 29.3 Å². The van der Waals surface area contributed by atoms with Crippen LogP contribution in [-0.2, 0) is 0 Å². The van der Waals surface area contributed by atoms with E-state index < -0.39 is 0 Å². The number of hydrogen-bond donors (Lipinski definition) is 1. The van der Waals surface area contributed by atoms with Crippen LogP contribution in [0.5, 0.6) is 0 Å². The quantitative estimate of drug-likeness (QED) is 0.903. The molecule has 0 aliphatic heterocycles. The fraction of sp³-hybridized carbons (Fsp3) is 0.625. The van der Waals surface area contributed by atoms with Crippen LogP contribution in [0.15, 0.2) is 28.7 Å². The molecule has 1 aromatic rings. The summed E-state index contributed by atoms with van der Waals surface area (Å²) in [5.41, 5.74) is 7.42. The summed E-state index contributed by atoms with van der Waals surface area (Å²) in [5, 5.41) is 0. The highest BCUT2D eigenvalue weighted by Gasteiger charge is 2.26. The van der Waals surface area contributed by atoms with Gasteiger partial charge in [0.05, 0.1) is 0 Å². The lowest BCUT2D eigenvalue weighted by molar-refractivity contribution is 0.114. The minimum Gasteiger partial charge on any atom is -0.328 e. The van der Waals surface area contributed by atoms with E-state index in [2.05, 4.69) is 58.9 Å². The van der Waals surface area contributed by atoms with E-state index in [1.165, 1.54) is 31.2 Å². The van der Waals surface area contributed by atoms with Crippen LogP contribution in [0.1, 0.15) is 51.1 Å². The van der Waals surface area contributed by atoms with Crippen molar-refractivity contribution in [3.63, 3.8) is 0 Å². The molecule has 2 N–H and O–H groups in total. The van der Waals surface area contributed by atoms with Crippen LogP contribution < -0.4 is 5.73 Å². The molecule has 0 amide bonds. The third-order valence-corrected chi connectivity index (χ3v) is 4.95. The zero-order valence-corrected chi connectivity index (χ0v) is 13.6. The summed E-state index contributed by atoms with van der Waals surface area (Å²) in [5.74, 6) is 0. The number of hydrogen-bond acceptors (Lipinski definition) is 2. The fourth-order valence-corrected chi connectivity index (χ4v) is 3.48. The Morgan fingerprint density at radius 1 is 1.21 bits per heavy atom. The second-order valence-corrected chi connectivity index (χ2v) is 6.54. The van der Waals surface area contributed by atoms with Crippen molar-refractivity contribution in [2.24, 2.45) is 5.73 Å². The Hall–Kier alpha value is -0.380. The lowest BCUT2D eigenvalue weighted by atomic mass is 9.89. The molecule has 2 rings (SSSR count). The van der Waals surface area contributed by atoms with E-state index in [1.54, 1.807) is 0 Å². The van der Waals surface area contributed by atoms with Crippen LogP contribution in [0.4, 0.5) is 0 Å². The van der Waals surface area contributed by atoms with Gasteiger partial charge < -0.3 is 5.73 Å². The highest BCUT2D eigenvalue weighted by atomic mass is 79.9. The molecule has 2 nitrogen and oxygen atoms in total. The van der Waals surface area contributed by atoms with Crippen molar-refractivity contribution in [3.05, 3.63) is 34.3 Å². The Morgan fingerprint density at radius 3 is 2.32 bits per heavy atom. The molecule has 0 bridgehead atoms. The lowest BCUT2D eigenvalue weighted by Gasteiger charge is -2.39. The van der Waals surface area contributed by atoms with Crippen LogP contribution in [0.3, 0.4) is 0 Å². The first-order valence-corrected chi connectivity index (χ1v) is 8.18. The standard InChI is InChI=1S/C16H25BrN2/c1-3-19(16-10-8-15(18)9-11-16)12(2)13-4-6-14(17)7-5-13/h4-7,12,15-16H,3,8-11,18H2,1-2H3. The van der Waals surface area contributed by atoms with Crippen molar-refractivity contribution in [1.82, 2.24) is 4.90 Å². The van der Waals surface area contributed by atoms with Gasteiger partial charge in [0, 0.05) is 22.6 Å². The van der Waals surface area contributed by atoms with Gasteiger partial charge in [0.2, 0.25) is 0 Å². The molecular formula is C16H25BrN2. The minimum absolute atomic E-state index is 0.429. The predicted octanol–water partition coefficient (Wildman–Crippen LogP) is 4.10. The lowest BCUT2D eigenvalue weighted by Crippen LogP contribution is -2.42. The SMILES string of the molecule is CCN(C1CCC(N)CC1)C(C)c1ccc(Br)cc1. The molecule has 1 aromatic carbocycles. The van der Waals surface area contributed by atoms with E-state index in [9.17, 15) is 0 Å². The van der Waals surface area contributed by atoms with Crippen molar-refractivity contribution in [2.75, 3.05) is 6.54 Å². The Labute approximate surface area is 125 Å². The molecule has 1 aliphatic rings. The van der Waals surface area contributed by atoms with Gasteiger partial charge in [-0.15, -0.1) is 0 Å². The monoisotopic (exact) mass is 324 g/mol. The van der Waals surface area contributed by atoms with Gasteiger partial charge in [-0.3, -0.25) is 4.90 Å². The Bertz CT molecular complexity index is 382. The fourth-order valence-electron chi connectivity index (χ4n) is 3.21. The van der Waals surface area contributed by atoms with Crippen LogP contribution in [-0.4, -0.2) is 23.5 Å². The molecule has 1 atom stereocenters. The van der Waals surface area contributed by atoms with Crippen LogP contribution in [0.25, 0.3) is 0 Å². The number of nitrogens with two attached hydrogens (primary N) is 1. The van der Waals surface area contributed by atoms with Crippen molar-refractivity contribution in [1.29, 1.82) is 0 Å². The van der Waals surface area contributed by atoms with E-state index in [0.717, 1.165) is 11.0 Å². The maximum absolute atomic E-state index is 6.02. The normalized spacial score (nSPS) is 25.5. The first-order chi connectivity index (χ1) is 9.11. The van der Waals surface area contributed by atoms with E-state index in [4.69, 9.17) is 5.73 Å². The molecule has 19 heavy (non-hydrogen) atoms.